The third-order valence-corrected chi connectivity index (χ3v) is 3.44. The van der Waals surface area contributed by atoms with Crippen molar-refractivity contribution in [3.8, 4) is 0 Å². The van der Waals surface area contributed by atoms with E-state index in [2.05, 4.69) is 15.4 Å². The van der Waals surface area contributed by atoms with Gasteiger partial charge in [0, 0.05) is 12.8 Å². The molecule has 1 aliphatic rings. The summed E-state index contributed by atoms with van der Waals surface area (Å²) in [6, 6.07) is 4.19. The topological polar surface area (TPSA) is 84.5 Å². The molecule has 1 heterocycles. The van der Waals surface area contributed by atoms with Crippen molar-refractivity contribution in [3.05, 3.63) is 35.6 Å². The number of carbonyl (C=O) groups excluding carboxylic acids is 3. The first-order valence-electron chi connectivity index (χ1n) is 6.91. The quantitative estimate of drug-likeness (QED) is 0.767. The Labute approximate surface area is 127 Å². The lowest BCUT2D eigenvalue weighted by atomic mass is 10.1. The molecule has 2 amide bonds. The van der Waals surface area contributed by atoms with Crippen molar-refractivity contribution < 1.29 is 23.5 Å². The Bertz CT molecular complexity index is 591. The molecule has 6 nitrogen and oxygen atoms in total. The van der Waals surface area contributed by atoms with E-state index in [1.807, 2.05) is 0 Å². The van der Waals surface area contributed by atoms with Gasteiger partial charge in [0.2, 0.25) is 11.8 Å². The van der Waals surface area contributed by atoms with Gasteiger partial charge in [-0.3, -0.25) is 9.59 Å². The van der Waals surface area contributed by atoms with Gasteiger partial charge in [-0.1, -0.05) is 12.1 Å². The summed E-state index contributed by atoms with van der Waals surface area (Å²) in [5.74, 6) is -1.69. The summed E-state index contributed by atoms with van der Waals surface area (Å²) in [5, 5.41) is 5.07. The largest absolute Gasteiger partial charge is 0.467 e. The third-order valence-electron chi connectivity index (χ3n) is 3.44. The van der Waals surface area contributed by atoms with Gasteiger partial charge in [-0.2, -0.15) is 0 Å². The molecule has 118 valence electrons. The van der Waals surface area contributed by atoms with Gasteiger partial charge < -0.3 is 15.4 Å². The standard InChI is InChI=1S/C15H17FN2O4/c1-22-15(21)12(8-9-3-2-4-10(16)7-9)18-14(20)11-5-6-13(19)17-11/h2-4,7,11-12H,5-6,8H2,1H3,(H,17,19)(H,18,20)/t11-,12-/m0/s1. The molecule has 1 saturated heterocycles. The number of nitrogens with one attached hydrogen (secondary N) is 2. The van der Waals surface area contributed by atoms with E-state index in [9.17, 15) is 18.8 Å². The lowest BCUT2D eigenvalue weighted by Gasteiger charge is -2.19. The summed E-state index contributed by atoms with van der Waals surface area (Å²) in [7, 11) is 1.21. The summed E-state index contributed by atoms with van der Waals surface area (Å²) in [4.78, 5) is 35.0. The van der Waals surface area contributed by atoms with Crippen molar-refractivity contribution in [3.63, 3.8) is 0 Å². The Morgan fingerprint density at radius 2 is 2.27 bits per heavy atom. The highest BCUT2D eigenvalue weighted by atomic mass is 19.1. The van der Waals surface area contributed by atoms with Crippen LogP contribution in [0.2, 0.25) is 0 Å². The van der Waals surface area contributed by atoms with Gasteiger partial charge in [0.15, 0.2) is 0 Å². The minimum atomic E-state index is -0.934. The van der Waals surface area contributed by atoms with Crippen molar-refractivity contribution >= 4 is 17.8 Å². The third kappa shape index (κ3) is 4.03. The van der Waals surface area contributed by atoms with E-state index in [1.54, 1.807) is 6.07 Å². The van der Waals surface area contributed by atoms with E-state index >= 15 is 0 Å². The summed E-state index contributed by atoms with van der Waals surface area (Å²) in [6.07, 6.45) is 0.778. The average Bonchev–Trinajstić information content (AvgIpc) is 2.92. The van der Waals surface area contributed by atoms with Crippen LogP contribution in [0.15, 0.2) is 24.3 Å². The van der Waals surface area contributed by atoms with E-state index in [1.165, 1.54) is 25.3 Å². The molecule has 0 bridgehead atoms. The Balaban J connectivity index is 2.04. The second-order valence-electron chi connectivity index (χ2n) is 5.08. The summed E-state index contributed by atoms with van der Waals surface area (Å²) >= 11 is 0. The van der Waals surface area contributed by atoms with Crippen molar-refractivity contribution in [2.24, 2.45) is 0 Å². The van der Waals surface area contributed by atoms with Crippen molar-refractivity contribution in [2.75, 3.05) is 7.11 Å². The van der Waals surface area contributed by atoms with E-state index in [4.69, 9.17) is 0 Å². The fourth-order valence-corrected chi connectivity index (χ4v) is 2.32. The lowest BCUT2D eigenvalue weighted by Crippen LogP contribution is -2.50. The first-order valence-corrected chi connectivity index (χ1v) is 6.91. The van der Waals surface area contributed by atoms with Crippen LogP contribution in [-0.4, -0.2) is 37.0 Å². The molecule has 1 aromatic carbocycles. The molecule has 1 aliphatic heterocycles. The Kier molecular flexibility index (Phi) is 5.08. The molecular weight excluding hydrogens is 291 g/mol. The second kappa shape index (κ2) is 7.02. The summed E-state index contributed by atoms with van der Waals surface area (Å²) < 4.78 is 17.9. The molecule has 0 spiro atoms. The van der Waals surface area contributed by atoms with Crippen LogP contribution in [0.5, 0.6) is 0 Å². The Hall–Kier alpha value is -2.44. The van der Waals surface area contributed by atoms with E-state index < -0.39 is 29.8 Å². The zero-order chi connectivity index (χ0) is 16.1. The molecule has 1 fully saturated rings. The number of rotatable bonds is 5. The minimum absolute atomic E-state index is 0.108. The van der Waals surface area contributed by atoms with Crippen LogP contribution in [-0.2, 0) is 25.5 Å². The molecule has 0 aromatic heterocycles. The zero-order valence-corrected chi connectivity index (χ0v) is 12.1. The Morgan fingerprint density at radius 3 is 2.86 bits per heavy atom. The highest BCUT2D eigenvalue weighted by Crippen LogP contribution is 2.10. The number of methoxy groups -OCH3 is 1. The maximum atomic E-state index is 13.2. The van der Waals surface area contributed by atoms with Crippen LogP contribution in [0.25, 0.3) is 0 Å². The SMILES string of the molecule is COC(=O)[C@H](Cc1cccc(F)c1)NC(=O)[C@@H]1CCC(=O)N1. The van der Waals surface area contributed by atoms with Gasteiger partial charge in [-0.15, -0.1) is 0 Å². The van der Waals surface area contributed by atoms with Crippen LogP contribution in [0.1, 0.15) is 18.4 Å². The predicted molar refractivity (Wildman–Crippen MR) is 75.2 cm³/mol. The van der Waals surface area contributed by atoms with Crippen LogP contribution >= 0.6 is 0 Å². The molecule has 2 N–H and O–H groups in total. The van der Waals surface area contributed by atoms with E-state index in [0.717, 1.165) is 0 Å². The molecule has 0 unspecified atom stereocenters. The van der Waals surface area contributed by atoms with Crippen molar-refractivity contribution in [2.45, 2.75) is 31.3 Å². The molecule has 0 saturated carbocycles. The monoisotopic (exact) mass is 308 g/mol. The maximum absolute atomic E-state index is 13.2. The lowest BCUT2D eigenvalue weighted by molar-refractivity contribution is -0.145. The highest BCUT2D eigenvalue weighted by molar-refractivity contribution is 5.93. The van der Waals surface area contributed by atoms with Gasteiger partial charge in [0.1, 0.15) is 17.9 Å². The van der Waals surface area contributed by atoms with Gasteiger partial charge in [-0.25, -0.2) is 9.18 Å². The molecular formula is C15H17FN2O4. The highest BCUT2D eigenvalue weighted by Gasteiger charge is 2.30. The number of benzene rings is 1. The molecule has 2 atom stereocenters. The fraction of sp³-hybridized carbons (Fsp3) is 0.400. The molecule has 22 heavy (non-hydrogen) atoms. The van der Waals surface area contributed by atoms with Crippen LogP contribution < -0.4 is 10.6 Å². The zero-order valence-electron chi connectivity index (χ0n) is 12.1. The molecule has 0 aliphatic carbocycles. The number of halogens is 1. The number of ether oxygens (including phenoxy) is 1. The van der Waals surface area contributed by atoms with E-state index in [-0.39, 0.29) is 18.7 Å². The first-order chi connectivity index (χ1) is 10.5. The van der Waals surface area contributed by atoms with E-state index in [0.29, 0.717) is 12.0 Å². The van der Waals surface area contributed by atoms with Gasteiger partial charge in [0.25, 0.3) is 0 Å². The molecule has 1 aromatic rings. The minimum Gasteiger partial charge on any atom is -0.467 e. The van der Waals surface area contributed by atoms with Crippen molar-refractivity contribution in [1.82, 2.24) is 10.6 Å². The van der Waals surface area contributed by atoms with Crippen molar-refractivity contribution in [1.29, 1.82) is 0 Å². The van der Waals surface area contributed by atoms with Gasteiger partial charge >= 0.3 is 5.97 Å². The average molecular weight is 308 g/mol. The fourth-order valence-electron chi connectivity index (χ4n) is 2.32. The molecule has 7 heteroatoms. The first kappa shape index (κ1) is 15.9. The molecule has 0 radical (unpaired) electrons. The van der Waals surface area contributed by atoms with Crippen LogP contribution in [0.3, 0.4) is 0 Å². The second-order valence-corrected chi connectivity index (χ2v) is 5.08. The summed E-state index contributed by atoms with van der Waals surface area (Å²) in [5.41, 5.74) is 0.561. The normalized spacial score (nSPS) is 18.5. The number of hydrogen-bond donors (Lipinski definition) is 2. The maximum Gasteiger partial charge on any atom is 0.328 e. The summed E-state index contributed by atoms with van der Waals surface area (Å²) in [6.45, 7) is 0. The number of amides is 2. The Morgan fingerprint density at radius 1 is 1.50 bits per heavy atom. The number of carbonyl (C=O) groups is 3. The predicted octanol–water partition coefficient (Wildman–Crippen LogP) is 0.305. The van der Waals surface area contributed by atoms with Crippen LogP contribution in [0, 0.1) is 5.82 Å². The van der Waals surface area contributed by atoms with Gasteiger partial charge in [0.05, 0.1) is 7.11 Å². The smallest absolute Gasteiger partial charge is 0.328 e. The van der Waals surface area contributed by atoms with Gasteiger partial charge in [-0.05, 0) is 24.1 Å². The van der Waals surface area contributed by atoms with Crippen LogP contribution in [0.4, 0.5) is 4.39 Å². The number of esters is 1. The number of hydrogen-bond acceptors (Lipinski definition) is 4. The molecule has 2 rings (SSSR count).